The molecule has 1 N–H and O–H groups in total. The number of rotatable bonds is 3. The number of piperazine rings is 1. The highest BCUT2D eigenvalue weighted by molar-refractivity contribution is 7.89. The second-order valence-corrected chi connectivity index (χ2v) is 7.89. The summed E-state index contributed by atoms with van der Waals surface area (Å²) in [5, 5.41) is 6.95. The SMILES string of the molecule is O=c1c(Cl)c(Cl)cnn1-c1ccc(S(=O)(=O)N2CCNCC2)cc1. The Kier molecular flexibility index (Phi) is 4.93. The average molecular weight is 389 g/mol. The molecule has 1 saturated heterocycles. The molecule has 2 aromatic rings. The molecule has 128 valence electrons. The van der Waals surface area contributed by atoms with Crippen LogP contribution in [-0.4, -0.2) is 48.7 Å². The van der Waals surface area contributed by atoms with Crippen molar-refractivity contribution < 1.29 is 8.42 Å². The van der Waals surface area contributed by atoms with Crippen molar-refractivity contribution in [2.24, 2.45) is 0 Å². The quantitative estimate of drug-likeness (QED) is 0.851. The van der Waals surface area contributed by atoms with Gasteiger partial charge in [-0.2, -0.15) is 14.1 Å². The first-order valence-corrected chi connectivity index (χ1v) is 9.35. The molecule has 0 unspecified atom stereocenters. The van der Waals surface area contributed by atoms with Crippen LogP contribution in [0.25, 0.3) is 5.69 Å². The van der Waals surface area contributed by atoms with Crippen molar-refractivity contribution >= 4 is 33.2 Å². The minimum absolute atomic E-state index is 0.0656. The molecule has 0 atom stereocenters. The molecule has 7 nitrogen and oxygen atoms in total. The average Bonchev–Trinajstić information content (AvgIpc) is 2.61. The number of hydrogen-bond acceptors (Lipinski definition) is 5. The molecule has 0 spiro atoms. The van der Waals surface area contributed by atoms with Gasteiger partial charge >= 0.3 is 0 Å². The standard InChI is InChI=1S/C14H14Cl2N4O3S/c15-12-9-18-20(14(21)13(12)16)10-1-3-11(4-2-10)24(22,23)19-7-5-17-6-8-19/h1-4,9,17H,5-8H2. The Morgan fingerprint density at radius 1 is 1.08 bits per heavy atom. The lowest BCUT2D eigenvalue weighted by atomic mass is 10.3. The monoisotopic (exact) mass is 388 g/mol. The Morgan fingerprint density at radius 2 is 1.71 bits per heavy atom. The highest BCUT2D eigenvalue weighted by atomic mass is 35.5. The van der Waals surface area contributed by atoms with Crippen molar-refractivity contribution in [3.8, 4) is 5.69 Å². The molecular formula is C14H14Cl2N4O3S. The number of nitrogens with one attached hydrogen (secondary N) is 1. The zero-order chi connectivity index (χ0) is 17.3. The van der Waals surface area contributed by atoms with Crippen molar-refractivity contribution in [3.63, 3.8) is 0 Å². The molecule has 3 rings (SSSR count). The number of aromatic nitrogens is 2. The molecule has 0 amide bonds. The molecule has 0 radical (unpaired) electrons. The Hall–Kier alpha value is -1.45. The molecule has 24 heavy (non-hydrogen) atoms. The Morgan fingerprint density at radius 3 is 2.33 bits per heavy atom. The minimum atomic E-state index is -3.55. The van der Waals surface area contributed by atoms with Gasteiger partial charge in [-0.15, -0.1) is 0 Å². The Labute approximate surface area is 148 Å². The number of sulfonamides is 1. The number of benzene rings is 1. The van der Waals surface area contributed by atoms with E-state index in [1.807, 2.05) is 0 Å². The molecule has 2 heterocycles. The van der Waals surface area contributed by atoms with Crippen molar-refractivity contribution in [1.82, 2.24) is 19.4 Å². The largest absolute Gasteiger partial charge is 0.314 e. The van der Waals surface area contributed by atoms with Crippen LogP contribution in [0.15, 0.2) is 40.2 Å². The van der Waals surface area contributed by atoms with Gasteiger partial charge in [0.15, 0.2) is 0 Å². The van der Waals surface area contributed by atoms with Crippen LogP contribution in [-0.2, 0) is 10.0 Å². The predicted octanol–water partition coefficient (Wildman–Crippen LogP) is 1.13. The van der Waals surface area contributed by atoms with Crippen LogP contribution in [0.4, 0.5) is 0 Å². The van der Waals surface area contributed by atoms with Crippen LogP contribution in [0.1, 0.15) is 0 Å². The fraction of sp³-hybridized carbons (Fsp3) is 0.286. The highest BCUT2D eigenvalue weighted by Gasteiger charge is 2.25. The summed E-state index contributed by atoms with van der Waals surface area (Å²) < 4.78 is 27.6. The van der Waals surface area contributed by atoms with Gasteiger partial charge < -0.3 is 5.32 Å². The summed E-state index contributed by atoms with van der Waals surface area (Å²) in [4.78, 5) is 12.2. The maximum absolute atomic E-state index is 12.6. The van der Waals surface area contributed by atoms with Crippen molar-refractivity contribution in [2.75, 3.05) is 26.2 Å². The van der Waals surface area contributed by atoms with Gasteiger partial charge in [-0.05, 0) is 24.3 Å². The predicted molar refractivity (Wildman–Crippen MR) is 91.5 cm³/mol. The smallest absolute Gasteiger partial charge is 0.291 e. The van der Waals surface area contributed by atoms with Crippen LogP contribution >= 0.6 is 23.2 Å². The molecule has 10 heteroatoms. The second kappa shape index (κ2) is 6.81. The van der Waals surface area contributed by atoms with E-state index in [0.717, 1.165) is 4.68 Å². The van der Waals surface area contributed by atoms with Crippen LogP contribution in [0, 0.1) is 0 Å². The first kappa shape index (κ1) is 17.4. The van der Waals surface area contributed by atoms with E-state index in [1.54, 1.807) is 0 Å². The molecular weight excluding hydrogens is 375 g/mol. The van der Waals surface area contributed by atoms with Gasteiger partial charge in [0, 0.05) is 26.2 Å². The fourth-order valence-electron chi connectivity index (χ4n) is 2.39. The minimum Gasteiger partial charge on any atom is -0.314 e. The normalized spacial score (nSPS) is 16.2. The van der Waals surface area contributed by atoms with Crippen LogP contribution in [0.5, 0.6) is 0 Å². The van der Waals surface area contributed by atoms with E-state index >= 15 is 0 Å². The van der Waals surface area contributed by atoms with Crippen molar-refractivity contribution in [2.45, 2.75) is 4.90 Å². The third-order valence-electron chi connectivity index (χ3n) is 3.67. The van der Waals surface area contributed by atoms with Gasteiger partial charge in [-0.1, -0.05) is 23.2 Å². The van der Waals surface area contributed by atoms with Crippen molar-refractivity contribution in [3.05, 3.63) is 50.9 Å². The van der Waals surface area contributed by atoms with E-state index in [0.29, 0.717) is 31.9 Å². The molecule has 1 aromatic carbocycles. The van der Waals surface area contributed by atoms with Crippen LogP contribution in [0.2, 0.25) is 10.0 Å². The van der Waals surface area contributed by atoms with E-state index in [2.05, 4.69) is 10.4 Å². The molecule has 1 aliphatic heterocycles. The summed E-state index contributed by atoms with van der Waals surface area (Å²) in [6.07, 6.45) is 1.26. The summed E-state index contributed by atoms with van der Waals surface area (Å²) in [6.45, 7) is 2.11. The lowest BCUT2D eigenvalue weighted by molar-refractivity contribution is 0.360. The summed E-state index contributed by atoms with van der Waals surface area (Å²) >= 11 is 11.6. The maximum atomic E-state index is 12.6. The maximum Gasteiger partial charge on any atom is 0.291 e. The highest BCUT2D eigenvalue weighted by Crippen LogP contribution is 2.19. The number of halogens is 2. The molecule has 1 aromatic heterocycles. The summed E-state index contributed by atoms with van der Waals surface area (Å²) in [7, 11) is -3.55. The van der Waals surface area contributed by atoms with Gasteiger partial charge in [0.05, 0.1) is 21.8 Å². The van der Waals surface area contributed by atoms with Gasteiger partial charge in [0.2, 0.25) is 10.0 Å². The van der Waals surface area contributed by atoms with E-state index in [9.17, 15) is 13.2 Å². The van der Waals surface area contributed by atoms with E-state index in [4.69, 9.17) is 23.2 Å². The zero-order valence-electron chi connectivity index (χ0n) is 12.4. The molecule has 0 bridgehead atoms. The third-order valence-corrected chi connectivity index (χ3v) is 6.33. The topological polar surface area (TPSA) is 84.3 Å². The van der Waals surface area contributed by atoms with Crippen LogP contribution < -0.4 is 10.9 Å². The van der Waals surface area contributed by atoms with Crippen LogP contribution in [0.3, 0.4) is 0 Å². The van der Waals surface area contributed by atoms with E-state index < -0.39 is 15.6 Å². The molecule has 0 saturated carbocycles. The van der Waals surface area contributed by atoms with Gasteiger partial charge in [-0.25, -0.2) is 8.42 Å². The molecule has 0 aliphatic carbocycles. The zero-order valence-corrected chi connectivity index (χ0v) is 14.8. The molecule has 1 aliphatic rings. The summed E-state index contributed by atoms with van der Waals surface area (Å²) in [6, 6.07) is 5.91. The first-order valence-electron chi connectivity index (χ1n) is 7.16. The molecule has 1 fully saturated rings. The Bertz CT molecular complexity index is 907. The first-order chi connectivity index (χ1) is 11.4. The lowest BCUT2D eigenvalue weighted by Gasteiger charge is -2.26. The Balaban J connectivity index is 1.94. The number of hydrogen-bond donors (Lipinski definition) is 1. The lowest BCUT2D eigenvalue weighted by Crippen LogP contribution is -2.46. The third kappa shape index (κ3) is 3.20. The van der Waals surface area contributed by atoms with E-state index in [1.165, 1.54) is 34.8 Å². The second-order valence-electron chi connectivity index (χ2n) is 5.17. The van der Waals surface area contributed by atoms with E-state index in [-0.39, 0.29) is 14.9 Å². The van der Waals surface area contributed by atoms with Gasteiger partial charge in [-0.3, -0.25) is 4.79 Å². The van der Waals surface area contributed by atoms with Gasteiger partial charge in [0.25, 0.3) is 5.56 Å². The fourth-order valence-corrected chi connectivity index (χ4v) is 4.08. The van der Waals surface area contributed by atoms with Gasteiger partial charge in [0.1, 0.15) is 5.02 Å². The summed E-state index contributed by atoms with van der Waals surface area (Å²) in [5.41, 5.74) is -0.167. The van der Waals surface area contributed by atoms with Crippen molar-refractivity contribution in [1.29, 1.82) is 0 Å². The summed E-state index contributed by atoms with van der Waals surface area (Å²) in [5.74, 6) is 0. The number of nitrogens with zero attached hydrogens (tertiary/aromatic N) is 3.